The standard InChI is InChI=1S/C28H37Cl2N5O/c1-19-17-35(18-20(2)32-19)28(33-23-8-4-3-5-9-23)34-26-11-7-6-10-24(26)27(36)31-15-14-21-12-13-22(29)16-25(21)30/h6-7,10-13,16,19-20,23,32H,3-5,8-9,14-15,17-18H2,1-2H3,(H,31,36)(H,33,34). The highest BCUT2D eigenvalue weighted by Gasteiger charge is 2.26. The molecule has 1 saturated carbocycles. The molecule has 2 aromatic rings. The second-order valence-electron chi connectivity index (χ2n) is 10.0. The molecule has 3 N–H and O–H groups in total. The number of halogens is 2. The summed E-state index contributed by atoms with van der Waals surface area (Å²) in [6.07, 6.45) is 6.62. The van der Waals surface area contributed by atoms with Crippen molar-refractivity contribution in [2.24, 2.45) is 4.99 Å². The first kappa shape index (κ1) is 26.8. The molecule has 0 radical (unpaired) electrons. The molecule has 4 rings (SSSR count). The van der Waals surface area contributed by atoms with Crippen LogP contribution in [0.15, 0.2) is 47.5 Å². The van der Waals surface area contributed by atoms with E-state index in [1.807, 2.05) is 36.4 Å². The minimum absolute atomic E-state index is 0.123. The van der Waals surface area contributed by atoms with E-state index in [0.29, 0.717) is 46.7 Å². The first-order chi connectivity index (χ1) is 17.4. The summed E-state index contributed by atoms with van der Waals surface area (Å²) in [5, 5.41) is 11.4. The van der Waals surface area contributed by atoms with Crippen molar-refractivity contribution in [1.29, 1.82) is 0 Å². The van der Waals surface area contributed by atoms with Gasteiger partial charge in [-0.15, -0.1) is 0 Å². The van der Waals surface area contributed by atoms with E-state index < -0.39 is 0 Å². The van der Waals surface area contributed by atoms with E-state index in [1.165, 1.54) is 19.3 Å². The molecule has 1 aliphatic heterocycles. The van der Waals surface area contributed by atoms with Gasteiger partial charge in [0.1, 0.15) is 0 Å². The number of benzene rings is 2. The summed E-state index contributed by atoms with van der Waals surface area (Å²) >= 11 is 12.3. The Bertz CT molecular complexity index is 1060. The summed E-state index contributed by atoms with van der Waals surface area (Å²) in [4.78, 5) is 20.7. The molecule has 194 valence electrons. The van der Waals surface area contributed by atoms with Gasteiger partial charge in [-0.2, -0.15) is 0 Å². The predicted octanol–water partition coefficient (Wildman–Crippen LogP) is 5.75. The van der Waals surface area contributed by atoms with Crippen LogP contribution in [-0.2, 0) is 6.42 Å². The molecule has 8 heteroatoms. The Hall–Kier alpha value is -2.28. The number of aliphatic imine (C=N–C) groups is 1. The van der Waals surface area contributed by atoms with Crippen molar-refractivity contribution in [3.8, 4) is 0 Å². The van der Waals surface area contributed by atoms with Gasteiger partial charge in [0, 0.05) is 41.8 Å². The summed E-state index contributed by atoms with van der Waals surface area (Å²) in [6, 6.07) is 14.2. The Balaban J connectivity index is 1.48. The maximum absolute atomic E-state index is 13.2. The number of amides is 1. The van der Waals surface area contributed by atoms with Crippen LogP contribution < -0.4 is 16.0 Å². The van der Waals surface area contributed by atoms with E-state index in [4.69, 9.17) is 28.2 Å². The third kappa shape index (κ3) is 7.37. The van der Waals surface area contributed by atoms with Gasteiger partial charge in [-0.05, 0) is 62.9 Å². The Kier molecular flexibility index (Phi) is 9.52. The first-order valence-electron chi connectivity index (χ1n) is 13.1. The Labute approximate surface area is 224 Å². The largest absolute Gasteiger partial charge is 0.352 e. The third-order valence-electron chi connectivity index (χ3n) is 6.85. The number of carbonyl (C=O) groups is 1. The molecule has 0 spiro atoms. The average molecular weight is 531 g/mol. The monoisotopic (exact) mass is 529 g/mol. The molecule has 1 heterocycles. The highest BCUT2D eigenvalue weighted by atomic mass is 35.5. The second kappa shape index (κ2) is 12.8. The summed E-state index contributed by atoms with van der Waals surface area (Å²) in [5.74, 6) is 0.748. The topological polar surface area (TPSA) is 68.8 Å². The van der Waals surface area contributed by atoms with Crippen molar-refractivity contribution >= 4 is 40.8 Å². The molecule has 0 aromatic heterocycles. The number of nitrogens with zero attached hydrogens (tertiary/aromatic N) is 2. The lowest BCUT2D eigenvalue weighted by atomic mass is 9.96. The summed E-state index contributed by atoms with van der Waals surface area (Å²) in [5.41, 5.74) is 2.33. The van der Waals surface area contributed by atoms with Crippen LogP contribution in [0.5, 0.6) is 0 Å². The van der Waals surface area contributed by atoms with E-state index >= 15 is 0 Å². The Morgan fingerprint density at radius 3 is 2.50 bits per heavy atom. The number of rotatable bonds is 6. The number of carbonyl (C=O) groups excluding carboxylic acids is 1. The molecule has 0 bridgehead atoms. The number of hydrogen-bond donors (Lipinski definition) is 3. The van der Waals surface area contributed by atoms with E-state index in [1.54, 1.807) is 6.07 Å². The van der Waals surface area contributed by atoms with Crippen LogP contribution in [0, 0.1) is 0 Å². The van der Waals surface area contributed by atoms with Gasteiger partial charge in [0.25, 0.3) is 5.91 Å². The second-order valence-corrected chi connectivity index (χ2v) is 10.9. The van der Waals surface area contributed by atoms with Crippen LogP contribution in [0.1, 0.15) is 61.9 Å². The van der Waals surface area contributed by atoms with Gasteiger partial charge in [-0.25, -0.2) is 4.99 Å². The summed E-state index contributed by atoms with van der Waals surface area (Å²) in [7, 11) is 0. The van der Waals surface area contributed by atoms with Gasteiger partial charge in [-0.1, -0.05) is 60.7 Å². The van der Waals surface area contributed by atoms with Crippen molar-refractivity contribution in [1.82, 2.24) is 15.5 Å². The minimum Gasteiger partial charge on any atom is -0.352 e. The van der Waals surface area contributed by atoms with Gasteiger partial charge >= 0.3 is 0 Å². The molecule has 1 aliphatic carbocycles. The average Bonchev–Trinajstić information content (AvgIpc) is 2.85. The van der Waals surface area contributed by atoms with E-state index in [9.17, 15) is 4.79 Å². The fourth-order valence-electron chi connectivity index (χ4n) is 5.12. The molecule has 2 aromatic carbocycles. The van der Waals surface area contributed by atoms with Crippen LogP contribution in [0.4, 0.5) is 5.69 Å². The molecule has 2 atom stereocenters. The first-order valence-corrected chi connectivity index (χ1v) is 13.8. The van der Waals surface area contributed by atoms with Crippen molar-refractivity contribution in [2.75, 3.05) is 25.0 Å². The zero-order valence-corrected chi connectivity index (χ0v) is 22.7. The van der Waals surface area contributed by atoms with E-state index in [0.717, 1.165) is 43.1 Å². The maximum atomic E-state index is 13.2. The molecule has 1 saturated heterocycles. The molecule has 2 aliphatic rings. The fourth-order valence-corrected chi connectivity index (χ4v) is 5.62. The van der Waals surface area contributed by atoms with Gasteiger partial charge < -0.3 is 20.9 Å². The van der Waals surface area contributed by atoms with Gasteiger partial charge in [0.2, 0.25) is 0 Å². The minimum atomic E-state index is -0.123. The normalized spacial score (nSPS) is 21.3. The molecule has 36 heavy (non-hydrogen) atoms. The van der Waals surface area contributed by atoms with Crippen molar-refractivity contribution in [3.63, 3.8) is 0 Å². The van der Waals surface area contributed by atoms with Crippen LogP contribution >= 0.6 is 23.2 Å². The predicted molar refractivity (Wildman–Crippen MR) is 151 cm³/mol. The molecule has 1 amide bonds. The Morgan fingerprint density at radius 2 is 1.78 bits per heavy atom. The van der Waals surface area contributed by atoms with Gasteiger partial charge in [-0.3, -0.25) is 4.79 Å². The number of anilines is 1. The number of guanidine groups is 1. The van der Waals surface area contributed by atoms with Crippen LogP contribution in [-0.4, -0.2) is 54.5 Å². The van der Waals surface area contributed by atoms with E-state index in [-0.39, 0.29) is 5.91 Å². The van der Waals surface area contributed by atoms with Gasteiger partial charge in [0.15, 0.2) is 5.96 Å². The van der Waals surface area contributed by atoms with Crippen LogP contribution in [0.3, 0.4) is 0 Å². The lowest BCUT2D eigenvalue weighted by Gasteiger charge is -2.38. The summed E-state index contributed by atoms with van der Waals surface area (Å²) in [6.45, 7) is 6.63. The molecular formula is C28H37Cl2N5O. The highest BCUT2D eigenvalue weighted by molar-refractivity contribution is 6.35. The molecule has 2 fully saturated rings. The van der Waals surface area contributed by atoms with Crippen molar-refractivity contribution in [3.05, 3.63) is 63.6 Å². The Morgan fingerprint density at radius 1 is 1.06 bits per heavy atom. The van der Waals surface area contributed by atoms with Crippen molar-refractivity contribution in [2.45, 2.75) is 70.5 Å². The number of nitrogens with one attached hydrogen (secondary N) is 3. The number of hydrogen-bond acceptors (Lipinski definition) is 3. The zero-order chi connectivity index (χ0) is 25.5. The lowest BCUT2D eigenvalue weighted by molar-refractivity contribution is 0.0955. The summed E-state index contributed by atoms with van der Waals surface area (Å²) < 4.78 is 0. The number of para-hydroxylation sites is 1. The van der Waals surface area contributed by atoms with Crippen LogP contribution in [0.25, 0.3) is 0 Å². The SMILES string of the molecule is CC1CN(C(=NC2CCCCC2)Nc2ccccc2C(=O)NCCc2ccc(Cl)cc2Cl)CC(C)N1. The molecule has 2 unspecified atom stereocenters. The lowest BCUT2D eigenvalue weighted by Crippen LogP contribution is -2.57. The van der Waals surface area contributed by atoms with Crippen LogP contribution in [0.2, 0.25) is 10.0 Å². The number of piperazine rings is 1. The maximum Gasteiger partial charge on any atom is 0.253 e. The van der Waals surface area contributed by atoms with Gasteiger partial charge in [0.05, 0.1) is 17.3 Å². The fraction of sp³-hybridized carbons (Fsp3) is 0.500. The highest BCUT2D eigenvalue weighted by Crippen LogP contribution is 2.23. The third-order valence-corrected chi connectivity index (χ3v) is 7.44. The molecular weight excluding hydrogens is 493 g/mol. The quantitative estimate of drug-likeness (QED) is 0.329. The zero-order valence-electron chi connectivity index (χ0n) is 21.2. The van der Waals surface area contributed by atoms with Crippen molar-refractivity contribution < 1.29 is 4.79 Å². The smallest absolute Gasteiger partial charge is 0.253 e. The van der Waals surface area contributed by atoms with E-state index in [2.05, 4.69) is 34.7 Å². The molecule has 6 nitrogen and oxygen atoms in total.